The number of methoxy groups -OCH3 is 1. The highest BCUT2D eigenvalue weighted by atomic mass is 16.7. The van der Waals surface area contributed by atoms with Crippen molar-refractivity contribution in [3.05, 3.63) is 77.9 Å². The summed E-state index contributed by atoms with van der Waals surface area (Å²) < 4.78 is 18.0. The average molecular weight is 461 g/mol. The van der Waals surface area contributed by atoms with Crippen molar-refractivity contribution >= 4 is 17.4 Å². The lowest BCUT2D eigenvalue weighted by Crippen LogP contribution is -2.31. The maximum absolute atomic E-state index is 13.2. The molecule has 1 fully saturated rings. The second-order valence-corrected chi connectivity index (χ2v) is 7.99. The number of aliphatic hydroxyl groups is 1. The molecule has 0 saturated carbocycles. The minimum Gasteiger partial charge on any atom is -0.507 e. The highest BCUT2D eigenvalue weighted by Gasteiger charge is 2.46. The average Bonchev–Trinajstić information content (AvgIpc) is 3.60. The number of rotatable bonds is 7. The van der Waals surface area contributed by atoms with Gasteiger partial charge in [-0.3, -0.25) is 9.59 Å². The molecule has 9 nitrogen and oxygen atoms in total. The Morgan fingerprint density at radius 1 is 1.15 bits per heavy atom. The molecule has 1 atom stereocenters. The number of likely N-dealkylation sites (tertiary alicyclic amines) is 1. The number of carbonyl (C=O) groups is 2. The van der Waals surface area contributed by atoms with Gasteiger partial charge in [-0.05, 0) is 42.3 Å². The third-order valence-corrected chi connectivity index (χ3v) is 5.97. The van der Waals surface area contributed by atoms with Crippen molar-refractivity contribution in [2.45, 2.75) is 19.0 Å². The van der Waals surface area contributed by atoms with E-state index in [-0.39, 0.29) is 18.1 Å². The summed E-state index contributed by atoms with van der Waals surface area (Å²) in [5.41, 5.74) is 1.07. The zero-order chi connectivity index (χ0) is 23.7. The molecule has 2 aromatic carbocycles. The molecule has 0 spiro atoms. The molecule has 3 heterocycles. The van der Waals surface area contributed by atoms with Crippen LogP contribution < -0.4 is 14.2 Å². The first-order valence-corrected chi connectivity index (χ1v) is 10.8. The Labute approximate surface area is 195 Å². The summed E-state index contributed by atoms with van der Waals surface area (Å²) in [4.78, 5) is 31.8. The monoisotopic (exact) mass is 461 g/mol. The van der Waals surface area contributed by atoms with E-state index >= 15 is 0 Å². The maximum Gasteiger partial charge on any atom is 0.295 e. The molecule has 174 valence electrons. The number of aryl methyl sites for hydroxylation is 1. The Bertz CT molecular complexity index is 1270. The van der Waals surface area contributed by atoms with E-state index in [9.17, 15) is 14.7 Å². The van der Waals surface area contributed by atoms with Crippen molar-refractivity contribution in [3.63, 3.8) is 0 Å². The first-order valence-electron chi connectivity index (χ1n) is 10.8. The van der Waals surface area contributed by atoms with Gasteiger partial charge in [-0.2, -0.15) is 0 Å². The lowest BCUT2D eigenvalue weighted by atomic mass is 9.95. The Balaban J connectivity index is 1.55. The van der Waals surface area contributed by atoms with Crippen LogP contribution >= 0.6 is 0 Å². The second-order valence-electron chi connectivity index (χ2n) is 7.99. The minimum atomic E-state index is -0.761. The van der Waals surface area contributed by atoms with E-state index in [0.29, 0.717) is 47.9 Å². The Morgan fingerprint density at radius 3 is 2.79 bits per heavy atom. The molecular weight excluding hydrogens is 438 g/mol. The van der Waals surface area contributed by atoms with Crippen LogP contribution in [0.15, 0.2) is 66.8 Å². The van der Waals surface area contributed by atoms with Crippen LogP contribution in [0.5, 0.6) is 17.2 Å². The van der Waals surface area contributed by atoms with Gasteiger partial charge in [-0.1, -0.05) is 12.1 Å². The Hall–Kier alpha value is -4.27. The van der Waals surface area contributed by atoms with Crippen molar-refractivity contribution in [2.75, 3.05) is 20.4 Å². The van der Waals surface area contributed by atoms with Crippen LogP contribution in [0, 0.1) is 0 Å². The Kier molecular flexibility index (Phi) is 5.67. The molecule has 2 aliphatic heterocycles. The number of amides is 1. The molecule has 3 aromatic rings. The summed E-state index contributed by atoms with van der Waals surface area (Å²) in [7, 11) is 1.55. The number of nitrogens with zero attached hydrogens (tertiary/aromatic N) is 3. The molecule has 34 heavy (non-hydrogen) atoms. The molecule has 0 radical (unpaired) electrons. The lowest BCUT2D eigenvalue weighted by Gasteiger charge is -2.25. The summed E-state index contributed by atoms with van der Waals surface area (Å²) in [6.45, 7) is 1.04. The van der Waals surface area contributed by atoms with Gasteiger partial charge in [-0.25, -0.2) is 4.98 Å². The molecule has 0 bridgehead atoms. The number of aromatic nitrogens is 2. The van der Waals surface area contributed by atoms with Crippen LogP contribution in [-0.4, -0.2) is 51.7 Å². The lowest BCUT2D eigenvalue weighted by molar-refractivity contribution is -0.139. The summed E-state index contributed by atoms with van der Waals surface area (Å²) in [5.74, 6) is -0.0325. The van der Waals surface area contributed by atoms with Crippen LogP contribution in [0.1, 0.15) is 23.6 Å². The number of Topliss-reactive ketones (excluding diaryl/α,β-unsaturated/α-hetero) is 1. The maximum atomic E-state index is 13.2. The molecule has 1 saturated heterocycles. The van der Waals surface area contributed by atoms with E-state index < -0.39 is 17.7 Å². The van der Waals surface area contributed by atoms with Crippen LogP contribution in [0.25, 0.3) is 5.76 Å². The van der Waals surface area contributed by atoms with Gasteiger partial charge in [0.05, 0.1) is 25.1 Å². The molecule has 9 heteroatoms. The Morgan fingerprint density at radius 2 is 2.00 bits per heavy atom. The topological polar surface area (TPSA) is 103 Å². The van der Waals surface area contributed by atoms with Gasteiger partial charge >= 0.3 is 0 Å². The summed E-state index contributed by atoms with van der Waals surface area (Å²) in [5, 5.41) is 11.2. The second kappa shape index (κ2) is 8.93. The summed E-state index contributed by atoms with van der Waals surface area (Å²) in [6.07, 6.45) is 5.84. The van der Waals surface area contributed by atoms with Crippen molar-refractivity contribution in [3.8, 4) is 17.2 Å². The van der Waals surface area contributed by atoms with E-state index in [2.05, 4.69) is 4.98 Å². The number of imidazole rings is 1. The number of ketones is 1. The van der Waals surface area contributed by atoms with Crippen molar-refractivity contribution in [1.29, 1.82) is 0 Å². The van der Waals surface area contributed by atoms with E-state index in [0.717, 1.165) is 0 Å². The van der Waals surface area contributed by atoms with Gasteiger partial charge in [0.15, 0.2) is 11.5 Å². The quantitative estimate of drug-likeness (QED) is 0.328. The first kappa shape index (κ1) is 21.6. The molecule has 5 rings (SSSR count). The van der Waals surface area contributed by atoms with Crippen LogP contribution in [0.2, 0.25) is 0 Å². The molecule has 1 amide bonds. The smallest absolute Gasteiger partial charge is 0.295 e. The fourth-order valence-electron chi connectivity index (χ4n) is 4.31. The third-order valence-electron chi connectivity index (χ3n) is 5.97. The zero-order valence-electron chi connectivity index (χ0n) is 18.5. The van der Waals surface area contributed by atoms with Gasteiger partial charge < -0.3 is 28.8 Å². The van der Waals surface area contributed by atoms with Gasteiger partial charge in [-0.15, -0.1) is 0 Å². The fraction of sp³-hybridized carbons (Fsp3) is 0.240. The SMILES string of the molecule is COc1cccc(C2C(=C(O)c3ccc4c(c3)OCO4)C(=O)C(=O)N2CCCn2ccnc2)c1. The molecule has 1 aromatic heterocycles. The fourth-order valence-corrected chi connectivity index (χ4v) is 4.31. The van der Waals surface area contributed by atoms with Crippen molar-refractivity contribution < 1.29 is 28.9 Å². The minimum absolute atomic E-state index is 0.0275. The normalized spacial score (nSPS) is 18.5. The number of ether oxygens (including phenoxy) is 3. The van der Waals surface area contributed by atoms with Crippen molar-refractivity contribution in [2.24, 2.45) is 0 Å². The molecule has 1 N–H and O–H groups in total. The van der Waals surface area contributed by atoms with E-state index in [4.69, 9.17) is 14.2 Å². The molecular formula is C25H23N3O6. The molecule has 2 aliphatic rings. The summed E-state index contributed by atoms with van der Waals surface area (Å²) in [6, 6.07) is 11.3. The van der Waals surface area contributed by atoms with Crippen LogP contribution in [0.4, 0.5) is 0 Å². The highest BCUT2D eigenvalue weighted by Crippen LogP contribution is 2.42. The number of aliphatic hydroxyl groups excluding tert-OH is 1. The highest BCUT2D eigenvalue weighted by molar-refractivity contribution is 6.46. The number of hydrogen-bond donors (Lipinski definition) is 1. The number of carbonyl (C=O) groups excluding carboxylic acids is 2. The van der Waals surface area contributed by atoms with Crippen molar-refractivity contribution in [1.82, 2.24) is 14.5 Å². The van der Waals surface area contributed by atoms with Crippen LogP contribution in [0.3, 0.4) is 0 Å². The largest absolute Gasteiger partial charge is 0.507 e. The predicted molar refractivity (Wildman–Crippen MR) is 121 cm³/mol. The third kappa shape index (κ3) is 3.85. The standard InChI is InChI=1S/C25H23N3O6/c1-32-18-5-2-4-16(12-18)22-21(23(29)17-6-7-19-20(13-17)34-15-33-19)24(30)25(31)28(22)10-3-9-27-11-8-26-14-27/h2,4-8,11-14,22,29H,3,9-10,15H2,1H3. The summed E-state index contributed by atoms with van der Waals surface area (Å²) >= 11 is 0. The van der Waals surface area contributed by atoms with E-state index in [1.165, 1.54) is 4.90 Å². The van der Waals surface area contributed by atoms with E-state index in [1.807, 2.05) is 16.8 Å². The van der Waals surface area contributed by atoms with Gasteiger partial charge in [0.2, 0.25) is 6.79 Å². The number of benzene rings is 2. The van der Waals surface area contributed by atoms with Gasteiger partial charge in [0, 0.05) is 31.0 Å². The van der Waals surface area contributed by atoms with Gasteiger partial charge in [0.25, 0.3) is 11.7 Å². The zero-order valence-corrected chi connectivity index (χ0v) is 18.5. The molecule has 1 unspecified atom stereocenters. The predicted octanol–water partition coefficient (Wildman–Crippen LogP) is 3.13. The van der Waals surface area contributed by atoms with E-state index in [1.54, 1.807) is 56.0 Å². The van der Waals surface area contributed by atoms with Gasteiger partial charge in [0.1, 0.15) is 11.5 Å². The number of fused-ring (bicyclic) bond motifs is 1. The van der Waals surface area contributed by atoms with Crippen LogP contribution in [-0.2, 0) is 16.1 Å². The molecule has 0 aliphatic carbocycles. The first-order chi connectivity index (χ1) is 16.6. The number of hydrogen-bond acceptors (Lipinski definition) is 7.